The molecule has 3 atom stereocenters. The van der Waals surface area contributed by atoms with Crippen LogP contribution in [0, 0.1) is 0 Å². The van der Waals surface area contributed by atoms with Gasteiger partial charge in [0.25, 0.3) is 5.91 Å². The van der Waals surface area contributed by atoms with Gasteiger partial charge in [0.05, 0.1) is 12.9 Å². The standard InChI is InChI=1S/C19H19N5O5/c1-27-8-12-15(28-2)14(25)19(29-12)24-10-22-13-16(20-9-21-17(13)24)23-18(26)11-6-4-3-5-7-11/h3-7,9-10,12,15,19H,8H2,1-2H3,(H,20,21,23,26)/t12-,15?,19-/m1/s1. The van der Waals surface area contributed by atoms with Crippen molar-refractivity contribution < 1.29 is 23.8 Å². The van der Waals surface area contributed by atoms with Gasteiger partial charge in [0.15, 0.2) is 23.2 Å². The highest BCUT2D eigenvalue weighted by Gasteiger charge is 2.45. The van der Waals surface area contributed by atoms with Crippen molar-refractivity contribution >= 4 is 28.7 Å². The van der Waals surface area contributed by atoms with Gasteiger partial charge in [-0.05, 0) is 12.1 Å². The van der Waals surface area contributed by atoms with Crippen LogP contribution in [0.5, 0.6) is 0 Å². The van der Waals surface area contributed by atoms with Gasteiger partial charge in [-0.2, -0.15) is 0 Å². The molecule has 3 heterocycles. The van der Waals surface area contributed by atoms with Crippen molar-refractivity contribution in [1.29, 1.82) is 0 Å². The highest BCUT2D eigenvalue weighted by molar-refractivity contribution is 6.06. The highest BCUT2D eigenvalue weighted by Crippen LogP contribution is 2.30. The normalized spacial score (nSPS) is 21.6. The molecular weight excluding hydrogens is 378 g/mol. The molecule has 2 aromatic heterocycles. The quantitative estimate of drug-likeness (QED) is 0.659. The minimum Gasteiger partial charge on any atom is -0.382 e. The molecule has 0 bridgehead atoms. The largest absolute Gasteiger partial charge is 0.382 e. The Kier molecular flexibility index (Phi) is 5.30. The van der Waals surface area contributed by atoms with E-state index in [0.29, 0.717) is 16.7 Å². The van der Waals surface area contributed by atoms with Gasteiger partial charge in [0.1, 0.15) is 18.5 Å². The van der Waals surface area contributed by atoms with Crippen LogP contribution in [-0.2, 0) is 19.0 Å². The molecule has 0 saturated carbocycles. The Hall–Kier alpha value is -3.21. The number of benzene rings is 1. The molecule has 1 aliphatic rings. The van der Waals surface area contributed by atoms with Gasteiger partial charge >= 0.3 is 0 Å². The van der Waals surface area contributed by atoms with Crippen LogP contribution in [0.3, 0.4) is 0 Å². The molecule has 150 valence electrons. The zero-order valence-electron chi connectivity index (χ0n) is 15.8. The summed E-state index contributed by atoms with van der Waals surface area (Å²) in [4.78, 5) is 37.8. The van der Waals surface area contributed by atoms with E-state index in [1.165, 1.54) is 31.4 Å². The second-order valence-electron chi connectivity index (χ2n) is 6.41. The van der Waals surface area contributed by atoms with E-state index < -0.39 is 18.4 Å². The molecule has 0 spiro atoms. The number of carbonyl (C=O) groups excluding carboxylic acids is 2. The Labute approximate surface area is 165 Å². The molecule has 29 heavy (non-hydrogen) atoms. The number of Topliss-reactive ketones (excluding diaryl/α,β-unsaturated/α-hetero) is 1. The van der Waals surface area contributed by atoms with Crippen LogP contribution < -0.4 is 5.32 Å². The minimum absolute atomic E-state index is 0.209. The molecule has 10 nitrogen and oxygen atoms in total. The number of ether oxygens (including phenoxy) is 3. The summed E-state index contributed by atoms with van der Waals surface area (Å²) in [6, 6.07) is 8.75. The Morgan fingerprint density at radius 2 is 2.00 bits per heavy atom. The maximum atomic E-state index is 12.7. The van der Waals surface area contributed by atoms with Gasteiger partial charge in [0, 0.05) is 19.8 Å². The van der Waals surface area contributed by atoms with E-state index >= 15 is 0 Å². The van der Waals surface area contributed by atoms with Crippen molar-refractivity contribution in [3.8, 4) is 0 Å². The summed E-state index contributed by atoms with van der Waals surface area (Å²) in [6.45, 7) is 0.209. The number of nitrogens with one attached hydrogen (secondary N) is 1. The van der Waals surface area contributed by atoms with Crippen LogP contribution in [0.2, 0.25) is 0 Å². The number of nitrogens with zero attached hydrogens (tertiary/aromatic N) is 4. The monoisotopic (exact) mass is 397 g/mol. The van der Waals surface area contributed by atoms with Crippen molar-refractivity contribution in [3.05, 3.63) is 48.5 Å². The first-order chi connectivity index (χ1) is 14.1. The van der Waals surface area contributed by atoms with Crippen molar-refractivity contribution in [1.82, 2.24) is 19.5 Å². The van der Waals surface area contributed by atoms with E-state index in [1.54, 1.807) is 24.3 Å². The first kappa shape index (κ1) is 19.1. The minimum atomic E-state index is -0.960. The fourth-order valence-electron chi connectivity index (χ4n) is 3.27. The predicted octanol–water partition coefficient (Wildman–Crippen LogP) is 1.21. The number of imidazole rings is 1. The van der Waals surface area contributed by atoms with Crippen molar-refractivity contribution in [2.45, 2.75) is 18.4 Å². The van der Waals surface area contributed by atoms with E-state index in [2.05, 4.69) is 20.3 Å². The van der Waals surface area contributed by atoms with Gasteiger partial charge in [-0.1, -0.05) is 18.2 Å². The molecule has 1 unspecified atom stereocenters. The molecule has 1 aromatic carbocycles. The summed E-state index contributed by atoms with van der Waals surface area (Å²) in [7, 11) is 2.97. The average molecular weight is 397 g/mol. The third-order valence-corrected chi connectivity index (χ3v) is 4.63. The lowest BCUT2D eigenvalue weighted by atomic mass is 10.1. The summed E-state index contributed by atoms with van der Waals surface area (Å²) in [5.41, 5.74) is 1.19. The van der Waals surface area contributed by atoms with E-state index in [-0.39, 0.29) is 24.1 Å². The van der Waals surface area contributed by atoms with Crippen molar-refractivity contribution in [3.63, 3.8) is 0 Å². The van der Waals surface area contributed by atoms with E-state index in [0.717, 1.165) is 0 Å². The lowest BCUT2D eigenvalue weighted by molar-refractivity contribution is -0.131. The Bertz CT molecular complexity index is 1040. The second kappa shape index (κ2) is 8.03. The third kappa shape index (κ3) is 3.48. The van der Waals surface area contributed by atoms with Crippen LogP contribution in [0.25, 0.3) is 11.2 Å². The second-order valence-corrected chi connectivity index (χ2v) is 6.41. The Balaban J connectivity index is 1.64. The van der Waals surface area contributed by atoms with Gasteiger partial charge in [-0.25, -0.2) is 15.0 Å². The Morgan fingerprint density at radius 3 is 2.72 bits per heavy atom. The number of amides is 1. The van der Waals surface area contributed by atoms with Crippen LogP contribution in [0.15, 0.2) is 43.0 Å². The van der Waals surface area contributed by atoms with Crippen molar-refractivity contribution in [2.24, 2.45) is 0 Å². The summed E-state index contributed by atoms with van der Waals surface area (Å²) in [6.07, 6.45) is 0.469. The average Bonchev–Trinajstić information content (AvgIpc) is 3.30. The highest BCUT2D eigenvalue weighted by atomic mass is 16.6. The third-order valence-electron chi connectivity index (χ3n) is 4.63. The number of anilines is 1. The number of ketones is 1. The van der Waals surface area contributed by atoms with Crippen LogP contribution in [0.4, 0.5) is 5.82 Å². The molecule has 10 heteroatoms. The smallest absolute Gasteiger partial charge is 0.256 e. The lowest BCUT2D eigenvalue weighted by Gasteiger charge is -2.14. The van der Waals surface area contributed by atoms with Gasteiger partial charge in [-0.15, -0.1) is 0 Å². The number of hydrogen-bond donors (Lipinski definition) is 1. The fourth-order valence-corrected chi connectivity index (χ4v) is 3.27. The predicted molar refractivity (Wildman–Crippen MR) is 101 cm³/mol. The molecule has 1 N–H and O–H groups in total. The number of aromatic nitrogens is 4. The van der Waals surface area contributed by atoms with Crippen molar-refractivity contribution in [2.75, 3.05) is 26.1 Å². The van der Waals surface area contributed by atoms with E-state index in [4.69, 9.17) is 14.2 Å². The van der Waals surface area contributed by atoms with Gasteiger partial charge < -0.3 is 19.5 Å². The summed E-state index contributed by atoms with van der Waals surface area (Å²) < 4.78 is 17.7. The maximum Gasteiger partial charge on any atom is 0.256 e. The molecule has 3 aromatic rings. The van der Waals surface area contributed by atoms with Gasteiger partial charge in [-0.3, -0.25) is 14.2 Å². The van der Waals surface area contributed by atoms with Crippen LogP contribution >= 0.6 is 0 Å². The number of hydrogen-bond acceptors (Lipinski definition) is 8. The molecule has 0 radical (unpaired) electrons. The first-order valence-corrected chi connectivity index (χ1v) is 8.89. The van der Waals surface area contributed by atoms with E-state index in [1.807, 2.05) is 6.07 Å². The molecular formula is C19H19N5O5. The Morgan fingerprint density at radius 1 is 1.21 bits per heavy atom. The summed E-state index contributed by atoms with van der Waals surface area (Å²) in [5, 5.41) is 2.73. The SMILES string of the molecule is COC[C@H]1O[C@@H](n2cnc3c(NC(=O)c4ccccc4)ncnc32)C(=O)C1OC. The van der Waals surface area contributed by atoms with Crippen LogP contribution in [0.1, 0.15) is 16.6 Å². The molecule has 1 saturated heterocycles. The molecule has 4 rings (SSSR count). The number of rotatable bonds is 6. The number of fused-ring (bicyclic) bond motifs is 1. The van der Waals surface area contributed by atoms with Gasteiger partial charge in [0.2, 0.25) is 5.78 Å². The zero-order valence-corrected chi connectivity index (χ0v) is 15.8. The fraction of sp³-hybridized carbons (Fsp3) is 0.316. The molecule has 0 aliphatic carbocycles. The number of carbonyl (C=O) groups is 2. The summed E-state index contributed by atoms with van der Waals surface area (Å²) in [5.74, 6) is -0.347. The lowest BCUT2D eigenvalue weighted by Crippen LogP contribution is -2.32. The van der Waals surface area contributed by atoms with Crippen LogP contribution in [-0.4, -0.2) is 64.2 Å². The first-order valence-electron chi connectivity index (χ1n) is 8.89. The molecule has 1 fully saturated rings. The van der Waals surface area contributed by atoms with E-state index in [9.17, 15) is 9.59 Å². The molecule has 1 aliphatic heterocycles. The summed E-state index contributed by atoms with van der Waals surface area (Å²) >= 11 is 0. The topological polar surface area (TPSA) is 117 Å². The maximum absolute atomic E-state index is 12.7. The zero-order chi connectivity index (χ0) is 20.4. The number of methoxy groups -OCH3 is 2. The molecule has 1 amide bonds.